The van der Waals surface area contributed by atoms with E-state index in [9.17, 15) is 18.0 Å². The quantitative estimate of drug-likeness (QED) is 0.764. The van der Waals surface area contributed by atoms with Gasteiger partial charge in [0.25, 0.3) is 0 Å². The second-order valence-corrected chi connectivity index (χ2v) is 4.01. The maximum absolute atomic E-state index is 12.2. The average Bonchev–Trinajstić information content (AvgIpc) is 2.28. The summed E-state index contributed by atoms with van der Waals surface area (Å²) in [5.74, 6) is 0. The Labute approximate surface area is 93.2 Å². The van der Waals surface area contributed by atoms with Gasteiger partial charge in [-0.1, -0.05) is 0 Å². The minimum absolute atomic E-state index is 0.275. The van der Waals surface area contributed by atoms with Crippen LogP contribution in [0.4, 0.5) is 13.2 Å². The number of halogens is 4. The Morgan fingerprint density at radius 1 is 1.33 bits per heavy atom. The first-order chi connectivity index (χ1) is 6.78. The fraction of sp³-hybridized carbons (Fsp3) is 0.444. The van der Waals surface area contributed by atoms with Crippen LogP contribution in [0.3, 0.4) is 0 Å². The molecule has 0 saturated carbocycles. The fourth-order valence-electron chi connectivity index (χ4n) is 1.42. The summed E-state index contributed by atoms with van der Waals surface area (Å²) in [5.41, 5.74) is 1.01. The van der Waals surface area contributed by atoms with Crippen molar-refractivity contribution in [3.05, 3.63) is 21.4 Å². The van der Waals surface area contributed by atoms with Crippen LogP contribution in [0.25, 0.3) is 0 Å². The molecule has 0 amide bonds. The number of aldehydes is 1. The van der Waals surface area contributed by atoms with Crippen molar-refractivity contribution < 1.29 is 18.0 Å². The molecule has 1 aromatic heterocycles. The average molecular weight is 284 g/mol. The van der Waals surface area contributed by atoms with Crippen LogP contribution in [-0.2, 0) is 6.54 Å². The SMILES string of the molecule is Cc1c(Br)c(C=O)c(C)n1CC(F)(F)F. The molecule has 0 bridgehead atoms. The summed E-state index contributed by atoms with van der Waals surface area (Å²) in [6, 6.07) is 0. The third-order valence-corrected chi connectivity index (χ3v) is 3.21. The number of alkyl halides is 3. The highest BCUT2D eigenvalue weighted by Crippen LogP contribution is 2.29. The third-order valence-electron chi connectivity index (χ3n) is 2.21. The maximum Gasteiger partial charge on any atom is 0.406 e. The van der Waals surface area contributed by atoms with Gasteiger partial charge in [0.15, 0.2) is 6.29 Å². The van der Waals surface area contributed by atoms with Crippen molar-refractivity contribution >= 4 is 22.2 Å². The second kappa shape index (κ2) is 4.00. The van der Waals surface area contributed by atoms with Crippen molar-refractivity contribution in [2.45, 2.75) is 26.6 Å². The molecule has 6 heteroatoms. The van der Waals surface area contributed by atoms with Gasteiger partial charge in [-0.3, -0.25) is 4.79 Å². The van der Waals surface area contributed by atoms with Crippen molar-refractivity contribution in [3.8, 4) is 0 Å². The Morgan fingerprint density at radius 2 is 1.87 bits per heavy atom. The van der Waals surface area contributed by atoms with Crippen molar-refractivity contribution in [3.63, 3.8) is 0 Å². The van der Waals surface area contributed by atoms with E-state index in [2.05, 4.69) is 15.9 Å². The molecule has 1 heterocycles. The van der Waals surface area contributed by atoms with E-state index in [0.717, 1.165) is 4.57 Å². The molecule has 2 nitrogen and oxygen atoms in total. The van der Waals surface area contributed by atoms with Gasteiger partial charge in [0.1, 0.15) is 6.54 Å². The Morgan fingerprint density at radius 3 is 2.20 bits per heavy atom. The van der Waals surface area contributed by atoms with Crippen molar-refractivity contribution in [2.75, 3.05) is 0 Å². The highest BCUT2D eigenvalue weighted by atomic mass is 79.9. The minimum Gasteiger partial charge on any atom is -0.338 e. The molecule has 0 aliphatic rings. The van der Waals surface area contributed by atoms with E-state index >= 15 is 0 Å². The highest BCUT2D eigenvalue weighted by molar-refractivity contribution is 9.10. The smallest absolute Gasteiger partial charge is 0.338 e. The predicted octanol–water partition coefficient (Wildman–Crippen LogP) is 3.24. The van der Waals surface area contributed by atoms with E-state index in [0.29, 0.717) is 22.1 Å². The van der Waals surface area contributed by atoms with Crippen LogP contribution in [-0.4, -0.2) is 17.0 Å². The Balaban J connectivity index is 3.25. The van der Waals surface area contributed by atoms with Gasteiger partial charge in [-0.2, -0.15) is 13.2 Å². The Hall–Kier alpha value is -0.780. The lowest BCUT2D eigenvalue weighted by atomic mass is 10.3. The number of aromatic nitrogens is 1. The molecular formula is C9H9BrF3NO. The van der Waals surface area contributed by atoms with E-state index in [4.69, 9.17) is 0 Å². The van der Waals surface area contributed by atoms with E-state index in [1.807, 2.05) is 0 Å². The van der Waals surface area contributed by atoms with Crippen molar-refractivity contribution in [1.82, 2.24) is 4.57 Å². The van der Waals surface area contributed by atoms with Crippen molar-refractivity contribution in [1.29, 1.82) is 0 Å². The summed E-state index contributed by atoms with van der Waals surface area (Å²) in [7, 11) is 0. The van der Waals surface area contributed by atoms with Gasteiger partial charge in [-0.25, -0.2) is 0 Å². The molecule has 0 radical (unpaired) electrons. The number of hydrogen-bond acceptors (Lipinski definition) is 1. The summed E-state index contributed by atoms with van der Waals surface area (Å²) >= 11 is 3.10. The van der Waals surface area contributed by atoms with E-state index in [1.165, 1.54) is 13.8 Å². The number of hydrogen-bond donors (Lipinski definition) is 0. The normalized spacial score (nSPS) is 11.9. The van der Waals surface area contributed by atoms with Crippen LogP contribution < -0.4 is 0 Å². The Bertz CT molecular complexity index is 395. The largest absolute Gasteiger partial charge is 0.406 e. The van der Waals surface area contributed by atoms with Gasteiger partial charge >= 0.3 is 6.18 Å². The van der Waals surface area contributed by atoms with Gasteiger partial charge in [-0.05, 0) is 29.8 Å². The Kier molecular flexibility index (Phi) is 3.28. The first-order valence-electron chi connectivity index (χ1n) is 4.15. The zero-order chi connectivity index (χ0) is 11.8. The number of carbonyl (C=O) groups excluding carboxylic acids is 1. The van der Waals surface area contributed by atoms with Crippen LogP contribution in [0.15, 0.2) is 4.47 Å². The first kappa shape index (κ1) is 12.3. The first-order valence-corrected chi connectivity index (χ1v) is 4.94. The second-order valence-electron chi connectivity index (χ2n) is 3.22. The van der Waals surface area contributed by atoms with Crippen molar-refractivity contribution in [2.24, 2.45) is 0 Å². The summed E-state index contributed by atoms with van der Waals surface area (Å²) in [4.78, 5) is 10.7. The maximum atomic E-state index is 12.2. The van der Waals surface area contributed by atoms with Crippen LogP contribution in [0, 0.1) is 13.8 Å². The minimum atomic E-state index is -4.28. The van der Waals surface area contributed by atoms with Crippen LogP contribution >= 0.6 is 15.9 Å². The number of rotatable bonds is 2. The number of nitrogens with zero attached hydrogens (tertiary/aromatic N) is 1. The topological polar surface area (TPSA) is 22.0 Å². The summed E-state index contributed by atoms with van der Waals surface area (Å²) in [5, 5.41) is 0. The highest BCUT2D eigenvalue weighted by Gasteiger charge is 2.30. The molecule has 1 rings (SSSR count). The molecule has 84 valence electrons. The molecule has 0 atom stereocenters. The van der Waals surface area contributed by atoms with E-state index in [1.54, 1.807) is 0 Å². The van der Waals surface area contributed by atoms with E-state index < -0.39 is 12.7 Å². The van der Waals surface area contributed by atoms with Gasteiger partial charge < -0.3 is 4.57 Å². The lowest BCUT2D eigenvalue weighted by Gasteiger charge is -2.11. The van der Waals surface area contributed by atoms with Gasteiger partial charge in [0.05, 0.1) is 0 Å². The molecule has 0 spiro atoms. The molecule has 0 fully saturated rings. The standard InChI is InChI=1S/C9H9BrF3NO/c1-5-7(3-15)8(10)6(2)14(5)4-9(11,12)13/h3H,4H2,1-2H3. The van der Waals surface area contributed by atoms with E-state index in [-0.39, 0.29) is 5.56 Å². The van der Waals surface area contributed by atoms with Gasteiger partial charge in [0, 0.05) is 21.4 Å². The lowest BCUT2D eigenvalue weighted by Crippen LogP contribution is -2.19. The third kappa shape index (κ3) is 2.42. The molecule has 0 aliphatic carbocycles. The zero-order valence-electron chi connectivity index (χ0n) is 8.15. The molecule has 1 aromatic rings. The molecule has 15 heavy (non-hydrogen) atoms. The zero-order valence-corrected chi connectivity index (χ0v) is 9.74. The molecular weight excluding hydrogens is 275 g/mol. The monoisotopic (exact) mass is 283 g/mol. The van der Waals surface area contributed by atoms with Crippen LogP contribution in [0.1, 0.15) is 21.7 Å². The molecule has 0 unspecified atom stereocenters. The number of carbonyl (C=O) groups is 1. The predicted molar refractivity (Wildman–Crippen MR) is 53.0 cm³/mol. The van der Waals surface area contributed by atoms with Crippen LogP contribution in [0.2, 0.25) is 0 Å². The van der Waals surface area contributed by atoms with Gasteiger partial charge in [0.2, 0.25) is 0 Å². The fourth-order valence-corrected chi connectivity index (χ4v) is 2.02. The molecule has 0 aliphatic heterocycles. The van der Waals surface area contributed by atoms with Gasteiger partial charge in [-0.15, -0.1) is 0 Å². The van der Waals surface area contributed by atoms with Crippen LogP contribution in [0.5, 0.6) is 0 Å². The summed E-state index contributed by atoms with van der Waals surface area (Å²) < 4.78 is 38.2. The molecule has 0 aromatic carbocycles. The molecule has 0 N–H and O–H groups in total. The molecule has 0 saturated heterocycles. The summed E-state index contributed by atoms with van der Waals surface area (Å²) in [6.45, 7) is 1.96. The lowest BCUT2D eigenvalue weighted by molar-refractivity contribution is -0.141. The summed E-state index contributed by atoms with van der Waals surface area (Å²) in [6.07, 6.45) is -3.73.